The molecule has 3 aromatic rings. The maximum atomic E-state index is 16.5. The van der Waals surface area contributed by atoms with Gasteiger partial charge in [-0.1, -0.05) is 36.4 Å². The molecule has 1 saturated carbocycles. The Labute approximate surface area is 266 Å². The van der Waals surface area contributed by atoms with E-state index in [9.17, 15) is 37.1 Å². The molecular weight excluding hydrogens is 629 g/mol. The van der Waals surface area contributed by atoms with Crippen LogP contribution in [0.2, 0.25) is 0 Å². The second kappa shape index (κ2) is 12.3. The van der Waals surface area contributed by atoms with Crippen LogP contribution < -0.4 is 5.32 Å². The van der Waals surface area contributed by atoms with Crippen LogP contribution in [0.15, 0.2) is 42.5 Å². The van der Waals surface area contributed by atoms with E-state index in [0.717, 1.165) is 15.4 Å². The molecule has 2 saturated heterocycles. The van der Waals surface area contributed by atoms with Crippen molar-refractivity contribution in [3.05, 3.63) is 65.2 Å². The van der Waals surface area contributed by atoms with E-state index in [1.54, 1.807) is 24.3 Å². The second-order valence-electron chi connectivity index (χ2n) is 12.7. The molecule has 10 nitrogen and oxygen atoms in total. The number of H-pyrrole nitrogens is 1. The number of piperidine rings is 1. The number of alkyl carbamates (subject to hydrolysis) is 1. The minimum absolute atomic E-state index is 0.0430. The largest absolute Gasteiger partial charge is 0.465 e. The number of benzene rings is 2. The number of nitrogens with one attached hydrogen (secondary N) is 2. The van der Waals surface area contributed by atoms with Gasteiger partial charge < -0.3 is 29.9 Å². The smallest absolute Gasteiger partial charge is 0.408 e. The highest BCUT2D eigenvalue weighted by atomic mass is 19.3. The van der Waals surface area contributed by atoms with Crippen LogP contribution >= 0.6 is 0 Å². The van der Waals surface area contributed by atoms with Crippen molar-refractivity contribution in [2.75, 3.05) is 26.2 Å². The summed E-state index contributed by atoms with van der Waals surface area (Å²) in [6.45, 7) is -1.91. The van der Waals surface area contributed by atoms with Crippen molar-refractivity contribution in [3.63, 3.8) is 0 Å². The first kappa shape index (κ1) is 32.5. The van der Waals surface area contributed by atoms with Crippen molar-refractivity contribution >= 4 is 29.1 Å². The van der Waals surface area contributed by atoms with E-state index in [1.807, 2.05) is 6.07 Å². The lowest BCUT2D eigenvalue weighted by molar-refractivity contribution is -0.173. The molecule has 6 rings (SSSR count). The minimum atomic E-state index is -3.06. The summed E-state index contributed by atoms with van der Waals surface area (Å²) >= 11 is 0. The Morgan fingerprint density at radius 3 is 2.23 bits per heavy atom. The molecule has 3 heterocycles. The van der Waals surface area contributed by atoms with E-state index in [0.29, 0.717) is 0 Å². The fourth-order valence-corrected chi connectivity index (χ4v) is 6.91. The lowest BCUT2D eigenvalue weighted by Crippen LogP contribution is -2.64. The quantitative estimate of drug-likeness (QED) is 0.267. The maximum Gasteiger partial charge on any atom is 0.408 e. The van der Waals surface area contributed by atoms with Gasteiger partial charge in [0.05, 0.1) is 30.1 Å². The third kappa shape index (κ3) is 6.57. The molecule has 2 aromatic carbocycles. The van der Waals surface area contributed by atoms with E-state index in [4.69, 9.17) is 4.74 Å². The van der Waals surface area contributed by atoms with Crippen molar-refractivity contribution in [1.29, 1.82) is 0 Å². The zero-order valence-electron chi connectivity index (χ0n) is 25.3. The van der Waals surface area contributed by atoms with Crippen LogP contribution in [-0.4, -0.2) is 81.0 Å². The highest BCUT2D eigenvalue weighted by Gasteiger charge is 2.54. The molecule has 3 N–H and O–H groups in total. The van der Waals surface area contributed by atoms with Gasteiger partial charge in [0.1, 0.15) is 17.9 Å². The average Bonchev–Trinajstić information content (AvgIpc) is 3.47. The number of aromatic nitrogens is 2. The number of imidazole rings is 1. The Hall–Kier alpha value is -4.43. The van der Waals surface area contributed by atoms with Gasteiger partial charge in [-0.25, -0.2) is 36.5 Å². The Morgan fingerprint density at radius 2 is 1.62 bits per heavy atom. The first-order valence-corrected chi connectivity index (χ1v) is 15.5. The summed E-state index contributed by atoms with van der Waals surface area (Å²) in [5, 5.41) is 12.2. The Bertz CT molecular complexity index is 1640. The number of carbonyl (C=O) groups is 3. The van der Waals surface area contributed by atoms with Crippen molar-refractivity contribution in [2.24, 2.45) is 5.92 Å². The molecule has 1 atom stereocenters. The molecule has 0 radical (unpaired) electrons. The molecule has 3 aliphatic rings. The predicted molar refractivity (Wildman–Crippen MR) is 157 cm³/mol. The molecule has 252 valence electrons. The van der Waals surface area contributed by atoms with Gasteiger partial charge in [-0.15, -0.1) is 0 Å². The van der Waals surface area contributed by atoms with Gasteiger partial charge in [-0.2, -0.15) is 0 Å². The van der Waals surface area contributed by atoms with Crippen LogP contribution in [0.1, 0.15) is 61.5 Å². The lowest BCUT2D eigenvalue weighted by atomic mass is 9.70. The fraction of sp³-hybridized carbons (Fsp3) is 0.500. The van der Waals surface area contributed by atoms with Crippen LogP contribution in [-0.2, 0) is 21.6 Å². The number of carboxylic acid groups (broad SMARTS) is 1. The predicted octanol–water partition coefficient (Wildman–Crippen LogP) is 5.98. The molecule has 3 fully saturated rings. The molecule has 15 heteroatoms. The normalized spacial score (nSPS) is 21.1. The molecule has 1 aliphatic carbocycles. The fourth-order valence-electron chi connectivity index (χ4n) is 6.91. The summed E-state index contributed by atoms with van der Waals surface area (Å²) in [7, 11) is 0. The van der Waals surface area contributed by atoms with Crippen molar-refractivity contribution in [2.45, 2.75) is 68.4 Å². The van der Waals surface area contributed by atoms with Crippen molar-refractivity contribution in [1.82, 2.24) is 25.1 Å². The average molecular weight is 664 g/mol. The molecule has 0 spiro atoms. The van der Waals surface area contributed by atoms with Crippen molar-refractivity contribution < 1.29 is 46.2 Å². The van der Waals surface area contributed by atoms with Gasteiger partial charge in [-0.3, -0.25) is 4.79 Å². The van der Waals surface area contributed by atoms with Crippen LogP contribution in [0, 0.1) is 11.7 Å². The number of aromatic amines is 1. The molecule has 0 bridgehead atoms. The number of carbonyl (C=O) groups excluding carboxylic acids is 2. The van der Waals surface area contributed by atoms with E-state index in [-0.39, 0.29) is 67.8 Å². The standard InChI is InChI=1S/C32H34F5N5O5/c33-23-21(30(12-14-41(15-13-30)29(45)46)27(43)42-17-32(36,37)18-42)6-7-22-25(23)39-26(38-22)24(20-8-10-31(34,35)11-9-20)40-28(44)47-16-19-4-2-1-3-5-19/h1-7,20,24H,8-18H2,(H,38,39)(H,40,44)(H,45,46). The topological polar surface area (TPSA) is 128 Å². The van der Waals surface area contributed by atoms with Gasteiger partial charge in [0, 0.05) is 31.5 Å². The zero-order chi connectivity index (χ0) is 33.6. The van der Waals surface area contributed by atoms with Crippen molar-refractivity contribution in [3.8, 4) is 0 Å². The zero-order valence-corrected chi connectivity index (χ0v) is 25.3. The third-order valence-corrected chi connectivity index (χ3v) is 9.57. The Morgan fingerprint density at radius 1 is 0.957 bits per heavy atom. The number of amides is 3. The molecular formula is C32H34F5N5O5. The first-order chi connectivity index (χ1) is 22.3. The summed E-state index contributed by atoms with van der Waals surface area (Å²) in [5.41, 5.74) is -0.974. The second-order valence-corrected chi connectivity index (χ2v) is 12.7. The number of rotatable bonds is 7. The van der Waals surface area contributed by atoms with Gasteiger partial charge >= 0.3 is 12.2 Å². The number of halogens is 5. The van der Waals surface area contributed by atoms with Gasteiger partial charge in [0.15, 0.2) is 5.82 Å². The molecule has 2 aliphatic heterocycles. The first-order valence-electron chi connectivity index (χ1n) is 15.5. The highest BCUT2D eigenvalue weighted by molar-refractivity contribution is 5.91. The summed E-state index contributed by atoms with van der Waals surface area (Å²) in [4.78, 5) is 47.7. The Kier molecular flexibility index (Phi) is 8.51. The minimum Gasteiger partial charge on any atom is -0.465 e. The number of likely N-dealkylation sites (tertiary alicyclic amines) is 2. The number of hydrogen-bond donors (Lipinski definition) is 3. The molecule has 3 amide bonds. The maximum absolute atomic E-state index is 16.5. The summed E-state index contributed by atoms with van der Waals surface area (Å²) in [5.74, 6) is -7.90. The Balaban J connectivity index is 1.32. The number of fused-ring (bicyclic) bond motifs is 1. The molecule has 47 heavy (non-hydrogen) atoms. The summed E-state index contributed by atoms with van der Waals surface area (Å²) in [6.07, 6.45) is -2.99. The third-order valence-electron chi connectivity index (χ3n) is 9.57. The lowest BCUT2D eigenvalue weighted by Gasteiger charge is -2.47. The molecule has 1 aromatic heterocycles. The summed E-state index contributed by atoms with van der Waals surface area (Å²) < 4.78 is 77.5. The van der Waals surface area contributed by atoms with Crippen LogP contribution in [0.25, 0.3) is 11.0 Å². The van der Waals surface area contributed by atoms with Gasteiger partial charge in [-0.05, 0) is 43.2 Å². The SMILES string of the molecule is O=C(NC(c1nc2c(F)c(C3(C(=O)N4CC(F)(F)C4)CCN(C(=O)O)CC3)ccc2[nH]1)C1CCC(F)(F)CC1)OCc1ccccc1. The van der Waals surface area contributed by atoms with E-state index in [1.165, 1.54) is 12.1 Å². The van der Waals surface area contributed by atoms with Crippen LogP contribution in [0.4, 0.5) is 31.5 Å². The number of hydrogen-bond acceptors (Lipinski definition) is 5. The molecule has 1 unspecified atom stereocenters. The van der Waals surface area contributed by atoms with E-state index >= 15 is 4.39 Å². The number of nitrogens with zero attached hydrogens (tertiary/aromatic N) is 3. The van der Waals surface area contributed by atoms with E-state index in [2.05, 4.69) is 15.3 Å². The van der Waals surface area contributed by atoms with Gasteiger partial charge in [0.2, 0.25) is 11.8 Å². The highest BCUT2D eigenvalue weighted by Crippen LogP contribution is 2.44. The number of alkyl halides is 4. The van der Waals surface area contributed by atoms with Crippen LogP contribution in [0.5, 0.6) is 0 Å². The number of ether oxygens (including phenoxy) is 1. The van der Waals surface area contributed by atoms with Gasteiger partial charge in [0.25, 0.3) is 5.92 Å². The van der Waals surface area contributed by atoms with E-state index < -0.39 is 79.1 Å². The monoisotopic (exact) mass is 663 g/mol. The van der Waals surface area contributed by atoms with Crippen LogP contribution in [0.3, 0.4) is 0 Å². The summed E-state index contributed by atoms with van der Waals surface area (Å²) in [6, 6.07) is 10.8.